The van der Waals surface area contributed by atoms with Crippen LogP contribution in [0.4, 0.5) is 0 Å². The molecule has 0 saturated carbocycles. The van der Waals surface area contributed by atoms with Gasteiger partial charge in [0.25, 0.3) is 0 Å². The maximum absolute atomic E-state index is 10.7. The van der Waals surface area contributed by atoms with Gasteiger partial charge in [-0.3, -0.25) is 14.2 Å². The van der Waals surface area contributed by atoms with Crippen molar-refractivity contribution in [3.8, 4) is 0 Å². The first-order valence-electron chi connectivity index (χ1n) is 5.47. The average Bonchev–Trinajstić information content (AvgIpc) is 2.78. The van der Waals surface area contributed by atoms with Gasteiger partial charge in [0.05, 0.1) is 18.1 Å². The fourth-order valence-electron chi connectivity index (χ4n) is 1.64. The summed E-state index contributed by atoms with van der Waals surface area (Å²) in [7, 11) is 0. The number of aliphatic hydroxyl groups excluding tert-OH is 2. The van der Waals surface area contributed by atoms with E-state index in [1.54, 1.807) is 23.0 Å². The molecular formula is C11H14N4O3. The van der Waals surface area contributed by atoms with Crippen LogP contribution >= 0.6 is 0 Å². The van der Waals surface area contributed by atoms with Crippen molar-refractivity contribution in [1.29, 1.82) is 0 Å². The molecule has 7 nitrogen and oxygen atoms in total. The van der Waals surface area contributed by atoms with E-state index < -0.39 is 12.2 Å². The number of hydrogen-bond donors (Lipinski definition) is 3. The zero-order valence-corrected chi connectivity index (χ0v) is 9.82. The van der Waals surface area contributed by atoms with Gasteiger partial charge in [0, 0.05) is 25.9 Å². The van der Waals surface area contributed by atoms with Gasteiger partial charge in [-0.05, 0) is 0 Å². The largest absolute Gasteiger partial charge is 0.388 e. The van der Waals surface area contributed by atoms with Gasteiger partial charge in [-0.15, -0.1) is 0 Å². The highest BCUT2D eigenvalue weighted by atomic mass is 16.3. The van der Waals surface area contributed by atoms with Crippen LogP contribution in [0.25, 0.3) is 5.65 Å². The molecule has 96 valence electrons. The normalized spacial score (nSPS) is 14.4. The number of nitrogens with one attached hydrogen (secondary N) is 1. The molecule has 0 aliphatic rings. The van der Waals surface area contributed by atoms with Crippen LogP contribution in [0.15, 0.2) is 24.8 Å². The first-order chi connectivity index (χ1) is 8.59. The van der Waals surface area contributed by atoms with Crippen LogP contribution in [0, 0.1) is 0 Å². The number of carbonyl (C=O) groups excluding carboxylic acids is 1. The van der Waals surface area contributed by atoms with Gasteiger partial charge in [0.2, 0.25) is 5.91 Å². The van der Waals surface area contributed by atoms with Gasteiger partial charge in [-0.25, -0.2) is 4.98 Å². The van der Waals surface area contributed by atoms with Crippen molar-refractivity contribution in [3.63, 3.8) is 0 Å². The molecule has 0 radical (unpaired) electrons. The second-order valence-electron chi connectivity index (χ2n) is 3.94. The lowest BCUT2D eigenvalue weighted by molar-refractivity contribution is -0.119. The lowest BCUT2D eigenvalue weighted by Gasteiger charge is -2.17. The number of amides is 1. The Morgan fingerprint density at radius 3 is 3.00 bits per heavy atom. The molecule has 2 heterocycles. The SMILES string of the molecule is CC(=O)NCC(O)C(O)c1cnc2cnccn12. The van der Waals surface area contributed by atoms with E-state index in [2.05, 4.69) is 15.3 Å². The molecule has 0 aliphatic carbocycles. The van der Waals surface area contributed by atoms with Crippen LogP contribution in [0.3, 0.4) is 0 Å². The van der Waals surface area contributed by atoms with E-state index in [4.69, 9.17) is 0 Å². The first kappa shape index (κ1) is 12.5. The molecule has 0 spiro atoms. The Balaban J connectivity index is 2.17. The Labute approximate surface area is 103 Å². The minimum absolute atomic E-state index is 0.0190. The highest BCUT2D eigenvalue weighted by molar-refractivity contribution is 5.72. The summed E-state index contributed by atoms with van der Waals surface area (Å²) >= 11 is 0. The van der Waals surface area contributed by atoms with Crippen LogP contribution in [0.2, 0.25) is 0 Å². The fourth-order valence-corrected chi connectivity index (χ4v) is 1.64. The van der Waals surface area contributed by atoms with Crippen molar-refractivity contribution in [2.24, 2.45) is 0 Å². The molecule has 2 unspecified atom stereocenters. The van der Waals surface area contributed by atoms with E-state index in [-0.39, 0.29) is 12.5 Å². The molecule has 7 heteroatoms. The molecule has 3 N–H and O–H groups in total. The van der Waals surface area contributed by atoms with Gasteiger partial charge < -0.3 is 15.5 Å². The van der Waals surface area contributed by atoms with Crippen molar-refractivity contribution in [2.45, 2.75) is 19.1 Å². The van der Waals surface area contributed by atoms with Gasteiger partial charge >= 0.3 is 0 Å². The molecule has 0 fully saturated rings. The van der Waals surface area contributed by atoms with Crippen LogP contribution in [0.5, 0.6) is 0 Å². The standard InChI is InChI=1S/C11H14N4O3/c1-7(16)13-5-9(17)11(18)8-4-14-10-6-12-2-3-15(8)10/h2-4,6,9,11,17-18H,5H2,1H3,(H,13,16). The maximum Gasteiger partial charge on any atom is 0.216 e. The van der Waals surface area contributed by atoms with Crippen LogP contribution in [-0.4, -0.2) is 43.1 Å². The van der Waals surface area contributed by atoms with Crippen molar-refractivity contribution in [3.05, 3.63) is 30.5 Å². The summed E-state index contributed by atoms with van der Waals surface area (Å²) in [5, 5.41) is 22.2. The van der Waals surface area contributed by atoms with Gasteiger partial charge in [-0.1, -0.05) is 0 Å². The first-order valence-corrected chi connectivity index (χ1v) is 5.47. The minimum atomic E-state index is -1.13. The molecule has 1 amide bonds. The second kappa shape index (κ2) is 5.11. The molecule has 2 aromatic heterocycles. The number of fused-ring (bicyclic) bond motifs is 1. The summed E-state index contributed by atoms with van der Waals surface area (Å²) in [5.41, 5.74) is 1.03. The van der Waals surface area contributed by atoms with E-state index >= 15 is 0 Å². The zero-order valence-electron chi connectivity index (χ0n) is 9.82. The third kappa shape index (κ3) is 2.47. The highest BCUT2D eigenvalue weighted by Crippen LogP contribution is 2.17. The molecule has 2 rings (SSSR count). The third-order valence-electron chi connectivity index (χ3n) is 2.57. The topological polar surface area (TPSA) is 99.8 Å². The van der Waals surface area contributed by atoms with Gasteiger partial charge in [-0.2, -0.15) is 0 Å². The number of nitrogens with zero attached hydrogens (tertiary/aromatic N) is 3. The van der Waals surface area contributed by atoms with Crippen molar-refractivity contribution in [1.82, 2.24) is 19.7 Å². The average molecular weight is 250 g/mol. The van der Waals surface area contributed by atoms with Crippen LogP contribution in [0.1, 0.15) is 18.7 Å². The van der Waals surface area contributed by atoms with Gasteiger partial charge in [0.15, 0.2) is 5.65 Å². The van der Waals surface area contributed by atoms with E-state index in [1.165, 1.54) is 13.1 Å². The fraction of sp³-hybridized carbons (Fsp3) is 0.364. The number of aromatic nitrogens is 3. The van der Waals surface area contributed by atoms with Crippen molar-refractivity contribution in [2.75, 3.05) is 6.54 Å². The molecule has 0 bridgehead atoms. The Morgan fingerprint density at radius 1 is 1.50 bits per heavy atom. The summed E-state index contributed by atoms with van der Waals surface area (Å²) < 4.78 is 1.63. The predicted molar refractivity (Wildman–Crippen MR) is 62.6 cm³/mol. The molecular weight excluding hydrogens is 236 g/mol. The Morgan fingerprint density at radius 2 is 2.28 bits per heavy atom. The van der Waals surface area contributed by atoms with Crippen LogP contribution in [-0.2, 0) is 4.79 Å². The number of hydrogen-bond acceptors (Lipinski definition) is 5. The van der Waals surface area contributed by atoms with E-state index in [1.807, 2.05) is 0 Å². The number of aliphatic hydroxyl groups is 2. The van der Waals surface area contributed by atoms with Crippen molar-refractivity contribution >= 4 is 11.6 Å². The lowest BCUT2D eigenvalue weighted by Crippen LogP contribution is -2.34. The highest BCUT2D eigenvalue weighted by Gasteiger charge is 2.21. The zero-order chi connectivity index (χ0) is 13.1. The molecule has 0 saturated heterocycles. The Hall–Kier alpha value is -1.99. The monoisotopic (exact) mass is 250 g/mol. The Bertz CT molecular complexity index is 554. The number of imidazole rings is 1. The van der Waals surface area contributed by atoms with E-state index in [0.29, 0.717) is 11.3 Å². The van der Waals surface area contributed by atoms with E-state index in [0.717, 1.165) is 0 Å². The Kier molecular flexibility index (Phi) is 3.54. The summed E-state index contributed by atoms with van der Waals surface area (Å²) in [6.07, 6.45) is 4.00. The summed E-state index contributed by atoms with van der Waals surface area (Å²) in [6.45, 7) is 1.33. The molecule has 2 atom stereocenters. The second-order valence-corrected chi connectivity index (χ2v) is 3.94. The third-order valence-corrected chi connectivity index (χ3v) is 2.57. The summed E-state index contributed by atoms with van der Waals surface area (Å²) in [4.78, 5) is 18.7. The molecule has 2 aromatic rings. The van der Waals surface area contributed by atoms with Crippen molar-refractivity contribution < 1.29 is 15.0 Å². The lowest BCUT2D eigenvalue weighted by atomic mass is 10.1. The predicted octanol–water partition coefficient (Wildman–Crippen LogP) is -0.740. The summed E-state index contributed by atoms with van der Waals surface area (Å²) in [5.74, 6) is -0.261. The molecule has 0 aliphatic heterocycles. The van der Waals surface area contributed by atoms with E-state index in [9.17, 15) is 15.0 Å². The number of carbonyl (C=O) groups is 1. The van der Waals surface area contributed by atoms with Crippen LogP contribution < -0.4 is 5.32 Å². The minimum Gasteiger partial charge on any atom is -0.388 e. The molecule has 0 aromatic carbocycles. The number of rotatable bonds is 4. The molecule has 18 heavy (non-hydrogen) atoms. The maximum atomic E-state index is 10.7. The quantitative estimate of drug-likeness (QED) is 0.663. The smallest absolute Gasteiger partial charge is 0.216 e. The van der Waals surface area contributed by atoms with Gasteiger partial charge in [0.1, 0.15) is 12.2 Å². The summed E-state index contributed by atoms with van der Waals surface area (Å²) in [6, 6.07) is 0.